The van der Waals surface area contributed by atoms with E-state index in [2.05, 4.69) is 37.6 Å². The molecule has 0 N–H and O–H groups in total. The maximum Gasteiger partial charge on any atom is 0.143 e. The first-order chi connectivity index (χ1) is 8.76. The monoisotopic (exact) mass is 327 g/mol. The third-order valence-electron chi connectivity index (χ3n) is 2.78. The van der Waals surface area contributed by atoms with Gasteiger partial charge in [-0.05, 0) is 18.1 Å². The summed E-state index contributed by atoms with van der Waals surface area (Å²) in [5.41, 5.74) is 1.09. The minimum Gasteiger partial charge on any atom is -0.314 e. The molecule has 1 aromatic heterocycles. The van der Waals surface area contributed by atoms with Gasteiger partial charge in [0.05, 0.1) is 5.33 Å². The Balaban J connectivity index is 2.29. The van der Waals surface area contributed by atoms with E-state index in [1.54, 1.807) is 0 Å². The number of hydrogen-bond donors (Lipinski definition) is 0. The molecule has 18 heavy (non-hydrogen) atoms. The highest BCUT2D eigenvalue weighted by Crippen LogP contribution is 2.19. The van der Waals surface area contributed by atoms with Crippen molar-refractivity contribution in [3.8, 4) is 0 Å². The Kier molecular flexibility index (Phi) is 4.78. The van der Waals surface area contributed by atoms with E-state index in [0.717, 1.165) is 47.0 Å². The van der Waals surface area contributed by atoms with Gasteiger partial charge in [0.25, 0.3) is 0 Å². The van der Waals surface area contributed by atoms with Gasteiger partial charge >= 0.3 is 0 Å². The minimum atomic E-state index is 0.722. The number of alkyl halides is 1. The molecule has 96 valence electrons. The first-order valence-electron chi connectivity index (χ1n) is 5.96. The molecule has 0 aliphatic rings. The Labute approximate surface area is 120 Å². The fourth-order valence-corrected chi connectivity index (χ4v) is 2.51. The third-order valence-corrected chi connectivity index (χ3v) is 3.65. The van der Waals surface area contributed by atoms with Crippen LogP contribution in [0.2, 0.25) is 5.02 Å². The highest BCUT2D eigenvalue weighted by atomic mass is 79.9. The van der Waals surface area contributed by atoms with Gasteiger partial charge in [-0.1, -0.05) is 52.7 Å². The van der Waals surface area contributed by atoms with Crippen LogP contribution < -0.4 is 0 Å². The average Bonchev–Trinajstić information content (AvgIpc) is 2.75. The summed E-state index contributed by atoms with van der Waals surface area (Å²) < 4.78 is 2.16. The molecule has 0 fully saturated rings. The van der Waals surface area contributed by atoms with Gasteiger partial charge in [0.15, 0.2) is 0 Å². The molecule has 0 aliphatic carbocycles. The van der Waals surface area contributed by atoms with Gasteiger partial charge in [-0.2, -0.15) is 0 Å². The highest BCUT2D eigenvalue weighted by molar-refractivity contribution is 9.08. The summed E-state index contributed by atoms with van der Waals surface area (Å²) in [4.78, 5) is 0. The molecule has 5 heteroatoms. The lowest BCUT2D eigenvalue weighted by Gasteiger charge is -2.08. The van der Waals surface area contributed by atoms with E-state index in [4.69, 9.17) is 11.6 Å². The van der Waals surface area contributed by atoms with E-state index in [0.29, 0.717) is 0 Å². The van der Waals surface area contributed by atoms with Crippen molar-refractivity contribution in [1.82, 2.24) is 14.8 Å². The number of halogens is 2. The zero-order chi connectivity index (χ0) is 13.0. The summed E-state index contributed by atoms with van der Waals surface area (Å²) >= 11 is 9.62. The van der Waals surface area contributed by atoms with Crippen LogP contribution in [0.5, 0.6) is 0 Å². The fraction of sp³-hybridized carbons (Fsp3) is 0.385. The van der Waals surface area contributed by atoms with Crippen molar-refractivity contribution >= 4 is 27.5 Å². The highest BCUT2D eigenvalue weighted by Gasteiger charge is 2.12. The lowest BCUT2D eigenvalue weighted by atomic mass is 10.1. The lowest BCUT2D eigenvalue weighted by molar-refractivity contribution is 0.628. The maximum atomic E-state index is 6.18. The van der Waals surface area contributed by atoms with Gasteiger partial charge in [-0.25, -0.2) is 0 Å². The van der Waals surface area contributed by atoms with Gasteiger partial charge in [-0.3, -0.25) is 0 Å². The van der Waals surface area contributed by atoms with Gasteiger partial charge in [-0.15, -0.1) is 10.2 Å². The van der Waals surface area contributed by atoms with Crippen molar-refractivity contribution in [3.63, 3.8) is 0 Å². The Morgan fingerprint density at radius 2 is 1.94 bits per heavy atom. The van der Waals surface area contributed by atoms with Crippen molar-refractivity contribution in [2.24, 2.45) is 0 Å². The molecule has 1 heterocycles. The van der Waals surface area contributed by atoms with E-state index in [1.807, 2.05) is 24.3 Å². The fourth-order valence-electron chi connectivity index (χ4n) is 1.90. The molecule has 0 saturated carbocycles. The smallest absolute Gasteiger partial charge is 0.143 e. The number of aromatic nitrogens is 3. The predicted octanol–water partition coefficient (Wildman–Crippen LogP) is 3.83. The summed E-state index contributed by atoms with van der Waals surface area (Å²) in [6.45, 7) is 3.09. The quantitative estimate of drug-likeness (QED) is 0.781. The molecular weight excluding hydrogens is 314 g/mol. The molecule has 0 saturated heterocycles. The Morgan fingerprint density at radius 3 is 2.61 bits per heavy atom. The molecule has 0 radical (unpaired) electrons. The largest absolute Gasteiger partial charge is 0.314 e. The molecule has 0 unspecified atom stereocenters. The van der Waals surface area contributed by atoms with E-state index in [9.17, 15) is 0 Å². The molecule has 0 amide bonds. The van der Waals surface area contributed by atoms with Crippen molar-refractivity contribution < 1.29 is 0 Å². The van der Waals surface area contributed by atoms with Crippen molar-refractivity contribution in [2.45, 2.75) is 31.6 Å². The summed E-state index contributed by atoms with van der Waals surface area (Å²) in [5.74, 6) is 1.94. The van der Waals surface area contributed by atoms with Crippen LogP contribution in [0, 0.1) is 0 Å². The zero-order valence-electron chi connectivity index (χ0n) is 10.2. The van der Waals surface area contributed by atoms with Crippen molar-refractivity contribution in [2.75, 3.05) is 0 Å². The van der Waals surface area contributed by atoms with E-state index in [1.165, 1.54) is 0 Å². The standard InChI is InChI=1S/C13H15BrClN3/c1-2-7-18-12(16-17-13(18)9-14)8-10-5-3-4-6-11(10)15/h3-6H,2,7-9H2,1H3. The Hall–Kier alpha value is -0.870. The normalized spacial score (nSPS) is 10.8. The molecule has 3 nitrogen and oxygen atoms in total. The van der Waals surface area contributed by atoms with Crippen LogP contribution in [0.4, 0.5) is 0 Å². The SMILES string of the molecule is CCCn1c(CBr)nnc1Cc1ccccc1Cl. The van der Waals surface area contributed by atoms with Gasteiger partial charge in [0.1, 0.15) is 11.6 Å². The van der Waals surface area contributed by atoms with Gasteiger partial charge < -0.3 is 4.57 Å². The third kappa shape index (κ3) is 2.93. The lowest BCUT2D eigenvalue weighted by Crippen LogP contribution is -2.07. The average molecular weight is 329 g/mol. The van der Waals surface area contributed by atoms with Crippen LogP contribution in [0.3, 0.4) is 0 Å². The number of nitrogens with zero attached hydrogens (tertiary/aromatic N) is 3. The molecule has 0 bridgehead atoms. The minimum absolute atomic E-state index is 0.722. The summed E-state index contributed by atoms with van der Waals surface area (Å²) in [5, 5.41) is 9.97. The van der Waals surface area contributed by atoms with Crippen molar-refractivity contribution in [3.05, 3.63) is 46.5 Å². The topological polar surface area (TPSA) is 30.7 Å². The van der Waals surface area contributed by atoms with Crippen LogP contribution >= 0.6 is 27.5 Å². The van der Waals surface area contributed by atoms with Crippen LogP contribution in [0.15, 0.2) is 24.3 Å². The summed E-state index contributed by atoms with van der Waals surface area (Å²) in [6, 6.07) is 7.86. The van der Waals surface area contributed by atoms with Crippen LogP contribution in [-0.4, -0.2) is 14.8 Å². The summed E-state index contributed by atoms with van der Waals surface area (Å²) in [7, 11) is 0. The molecule has 0 spiro atoms. The second-order valence-electron chi connectivity index (χ2n) is 4.09. The first-order valence-corrected chi connectivity index (χ1v) is 7.46. The van der Waals surface area contributed by atoms with Crippen LogP contribution in [0.25, 0.3) is 0 Å². The van der Waals surface area contributed by atoms with E-state index in [-0.39, 0.29) is 0 Å². The molecular formula is C13H15BrClN3. The second-order valence-corrected chi connectivity index (χ2v) is 5.05. The molecule has 2 rings (SSSR count). The van der Waals surface area contributed by atoms with Crippen molar-refractivity contribution in [1.29, 1.82) is 0 Å². The van der Waals surface area contributed by atoms with Crippen LogP contribution in [-0.2, 0) is 18.3 Å². The molecule has 2 aromatic rings. The number of benzene rings is 1. The Morgan fingerprint density at radius 1 is 1.22 bits per heavy atom. The molecule has 1 aromatic carbocycles. The molecule has 0 atom stereocenters. The van der Waals surface area contributed by atoms with E-state index >= 15 is 0 Å². The second kappa shape index (κ2) is 6.34. The zero-order valence-corrected chi connectivity index (χ0v) is 12.6. The number of rotatable bonds is 5. The van der Waals surface area contributed by atoms with E-state index < -0.39 is 0 Å². The molecule has 0 aliphatic heterocycles. The maximum absolute atomic E-state index is 6.18. The summed E-state index contributed by atoms with van der Waals surface area (Å²) in [6.07, 6.45) is 1.78. The van der Waals surface area contributed by atoms with Gasteiger partial charge in [0, 0.05) is 18.0 Å². The first kappa shape index (κ1) is 13.6. The Bertz CT molecular complexity index is 525. The van der Waals surface area contributed by atoms with Crippen LogP contribution in [0.1, 0.15) is 30.6 Å². The number of hydrogen-bond acceptors (Lipinski definition) is 2. The predicted molar refractivity (Wildman–Crippen MR) is 77.2 cm³/mol. The van der Waals surface area contributed by atoms with Gasteiger partial charge in [0.2, 0.25) is 0 Å².